The van der Waals surface area contributed by atoms with Crippen molar-refractivity contribution in [3.63, 3.8) is 0 Å². The number of carboxylic acid groups (broad SMARTS) is 1. The summed E-state index contributed by atoms with van der Waals surface area (Å²) in [5.74, 6) is 0.443. The van der Waals surface area contributed by atoms with E-state index in [1.165, 1.54) is 11.3 Å². The van der Waals surface area contributed by atoms with E-state index in [1.807, 2.05) is 49.4 Å². The van der Waals surface area contributed by atoms with E-state index in [-0.39, 0.29) is 5.69 Å². The molecule has 0 saturated heterocycles. The quantitative estimate of drug-likeness (QED) is 0.778. The van der Waals surface area contributed by atoms with Crippen LogP contribution in [-0.2, 0) is 6.42 Å². The van der Waals surface area contributed by atoms with Gasteiger partial charge in [-0.3, -0.25) is 0 Å². The minimum absolute atomic E-state index is 0.0654. The third-order valence-corrected chi connectivity index (χ3v) is 4.21. The van der Waals surface area contributed by atoms with Crippen LogP contribution in [0.1, 0.15) is 23.2 Å². The second-order valence-electron chi connectivity index (χ2n) is 4.49. The molecule has 0 atom stereocenters. The fourth-order valence-electron chi connectivity index (χ4n) is 2.04. The lowest BCUT2D eigenvalue weighted by molar-refractivity contribution is 0.0692. The summed E-state index contributed by atoms with van der Waals surface area (Å²) in [6, 6.07) is 13.1. The van der Waals surface area contributed by atoms with Gasteiger partial charge in [0.05, 0.1) is 4.88 Å². The van der Waals surface area contributed by atoms with E-state index in [0.717, 1.165) is 17.7 Å². The Morgan fingerprint density at radius 3 is 2.62 bits per heavy atom. The highest BCUT2D eigenvalue weighted by molar-refractivity contribution is 7.18. The monoisotopic (exact) mass is 299 g/mol. The average Bonchev–Trinajstić information content (AvgIpc) is 3.14. The molecule has 1 N–H and O–H groups in total. The molecule has 2 aromatic heterocycles. The standard InChI is InChI=1S/C16H13NO3S/c1-2-11-8-9-12(20-11)15-17-13(16(18)19)14(21-15)10-6-4-3-5-7-10/h3-9H,2H2,1H3,(H,18,19). The molecule has 4 nitrogen and oxygen atoms in total. The van der Waals surface area contributed by atoms with Gasteiger partial charge < -0.3 is 9.52 Å². The predicted octanol–water partition coefficient (Wildman–Crippen LogP) is 4.33. The van der Waals surface area contributed by atoms with Crippen molar-refractivity contribution in [2.24, 2.45) is 0 Å². The van der Waals surface area contributed by atoms with Crippen LogP contribution in [0.2, 0.25) is 0 Å². The molecule has 0 amide bonds. The largest absolute Gasteiger partial charge is 0.476 e. The Morgan fingerprint density at radius 2 is 2.00 bits per heavy atom. The molecule has 0 bridgehead atoms. The number of carbonyl (C=O) groups is 1. The van der Waals surface area contributed by atoms with Crippen molar-refractivity contribution in [3.05, 3.63) is 53.9 Å². The van der Waals surface area contributed by atoms with Gasteiger partial charge in [0.15, 0.2) is 16.5 Å². The highest BCUT2D eigenvalue weighted by atomic mass is 32.1. The molecule has 0 saturated carbocycles. The van der Waals surface area contributed by atoms with Gasteiger partial charge in [0, 0.05) is 6.42 Å². The lowest BCUT2D eigenvalue weighted by Gasteiger charge is -1.97. The summed E-state index contributed by atoms with van der Waals surface area (Å²) in [5, 5.41) is 9.94. The molecular formula is C16H13NO3S. The zero-order chi connectivity index (χ0) is 14.8. The summed E-state index contributed by atoms with van der Waals surface area (Å²) < 4.78 is 5.66. The number of rotatable bonds is 4. The zero-order valence-electron chi connectivity index (χ0n) is 11.4. The molecule has 5 heteroatoms. The topological polar surface area (TPSA) is 63.3 Å². The van der Waals surface area contributed by atoms with E-state index < -0.39 is 5.97 Å². The number of hydrogen-bond donors (Lipinski definition) is 1. The highest BCUT2D eigenvalue weighted by Crippen LogP contribution is 2.36. The average molecular weight is 299 g/mol. The van der Waals surface area contributed by atoms with Gasteiger partial charge in [-0.05, 0) is 17.7 Å². The summed E-state index contributed by atoms with van der Waals surface area (Å²) in [5.41, 5.74) is 0.913. The van der Waals surface area contributed by atoms with Gasteiger partial charge in [0.2, 0.25) is 0 Å². The Hall–Kier alpha value is -2.40. The fourth-order valence-corrected chi connectivity index (χ4v) is 3.06. The lowest BCUT2D eigenvalue weighted by Crippen LogP contribution is -1.98. The van der Waals surface area contributed by atoms with Crippen molar-refractivity contribution in [3.8, 4) is 21.2 Å². The van der Waals surface area contributed by atoms with E-state index in [9.17, 15) is 9.90 Å². The van der Waals surface area contributed by atoms with E-state index in [2.05, 4.69) is 4.98 Å². The van der Waals surface area contributed by atoms with Crippen molar-refractivity contribution in [1.82, 2.24) is 4.98 Å². The van der Waals surface area contributed by atoms with E-state index in [0.29, 0.717) is 15.6 Å². The van der Waals surface area contributed by atoms with Gasteiger partial charge in [-0.2, -0.15) is 0 Å². The van der Waals surface area contributed by atoms with Gasteiger partial charge >= 0.3 is 5.97 Å². The second kappa shape index (κ2) is 5.54. The number of furan rings is 1. The molecule has 0 aliphatic heterocycles. The third-order valence-electron chi connectivity index (χ3n) is 3.09. The van der Waals surface area contributed by atoms with Gasteiger partial charge in [-0.15, -0.1) is 11.3 Å². The molecule has 1 aromatic carbocycles. The Kier molecular flexibility index (Phi) is 3.58. The lowest BCUT2D eigenvalue weighted by atomic mass is 10.1. The maximum absolute atomic E-state index is 11.4. The number of nitrogens with zero attached hydrogens (tertiary/aromatic N) is 1. The summed E-state index contributed by atoms with van der Waals surface area (Å²) in [4.78, 5) is 16.3. The molecule has 0 unspecified atom stereocenters. The minimum atomic E-state index is -1.03. The van der Waals surface area contributed by atoms with Gasteiger partial charge in [-0.25, -0.2) is 9.78 Å². The van der Waals surface area contributed by atoms with Crippen molar-refractivity contribution in [2.45, 2.75) is 13.3 Å². The van der Waals surface area contributed by atoms with Crippen molar-refractivity contribution < 1.29 is 14.3 Å². The van der Waals surface area contributed by atoms with Crippen LogP contribution >= 0.6 is 11.3 Å². The summed E-state index contributed by atoms with van der Waals surface area (Å²) in [7, 11) is 0. The molecule has 0 aliphatic carbocycles. The molecule has 2 heterocycles. The molecule has 3 rings (SSSR count). The van der Waals surface area contributed by atoms with E-state index >= 15 is 0 Å². The van der Waals surface area contributed by atoms with Gasteiger partial charge in [0.1, 0.15) is 5.76 Å². The Labute approximate surface area is 125 Å². The molecule has 3 aromatic rings. The number of aryl methyl sites for hydroxylation is 1. The van der Waals surface area contributed by atoms with E-state index in [1.54, 1.807) is 0 Å². The number of benzene rings is 1. The van der Waals surface area contributed by atoms with Crippen LogP contribution in [0.5, 0.6) is 0 Å². The highest BCUT2D eigenvalue weighted by Gasteiger charge is 2.20. The molecule has 0 radical (unpaired) electrons. The number of aromatic carboxylic acids is 1. The normalized spacial score (nSPS) is 10.7. The molecule has 0 fully saturated rings. The number of carboxylic acids is 1. The number of hydrogen-bond acceptors (Lipinski definition) is 4. The first kappa shape index (κ1) is 13.6. The molecule has 0 spiro atoms. The Balaban J connectivity index is 2.10. The zero-order valence-corrected chi connectivity index (χ0v) is 12.2. The van der Waals surface area contributed by atoms with Crippen molar-refractivity contribution in [2.75, 3.05) is 0 Å². The Morgan fingerprint density at radius 1 is 1.24 bits per heavy atom. The molecule has 106 valence electrons. The van der Waals surface area contributed by atoms with Crippen LogP contribution in [0.3, 0.4) is 0 Å². The van der Waals surface area contributed by atoms with Gasteiger partial charge in [0.25, 0.3) is 0 Å². The third kappa shape index (κ3) is 2.60. The first-order valence-corrected chi connectivity index (χ1v) is 7.39. The first-order valence-electron chi connectivity index (χ1n) is 6.57. The SMILES string of the molecule is CCc1ccc(-c2nc(C(=O)O)c(-c3ccccc3)s2)o1. The first-order chi connectivity index (χ1) is 10.2. The van der Waals surface area contributed by atoms with Crippen LogP contribution in [0.15, 0.2) is 46.9 Å². The summed E-state index contributed by atoms with van der Waals surface area (Å²) in [6.07, 6.45) is 0.794. The minimum Gasteiger partial charge on any atom is -0.476 e. The van der Waals surface area contributed by atoms with Crippen molar-refractivity contribution >= 4 is 17.3 Å². The molecule has 21 heavy (non-hydrogen) atoms. The maximum Gasteiger partial charge on any atom is 0.356 e. The van der Waals surface area contributed by atoms with Crippen LogP contribution in [0, 0.1) is 0 Å². The second-order valence-corrected chi connectivity index (χ2v) is 5.49. The predicted molar refractivity (Wildman–Crippen MR) is 81.6 cm³/mol. The smallest absolute Gasteiger partial charge is 0.356 e. The van der Waals surface area contributed by atoms with Crippen LogP contribution in [-0.4, -0.2) is 16.1 Å². The number of aromatic nitrogens is 1. The fraction of sp³-hybridized carbons (Fsp3) is 0.125. The Bertz CT molecular complexity index is 774. The van der Waals surface area contributed by atoms with Crippen LogP contribution in [0.25, 0.3) is 21.2 Å². The van der Waals surface area contributed by atoms with E-state index in [4.69, 9.17) is 4.42 Å². The summed E-state index contributed by atoms with van der Waals surface area (Å²) in [6.45, 7) is 2.00. The van der Waals surface area contributed by atoms with Crippen molar-refractivity contribution in [1.29, 1.82) is 0 Å². The van der Waals surface area contributed by atoms with Crippen LogP contribution < -0.4 is 0 Å². The number of thiazole rings is 1. The molecular weight excluding hydrogens is 286 g/mol. The van der Waals surface area contributed by atoms with Crippen LogP contribution in [0.4, 0.5) is 0 Å². The summed E-state index contributed by atoms with van der Waals surface area (Å²) >= 11 is 1.33. The molecule has 0 aliphatic rings. The maximum atomic E-state index is 11.4. The van der Waals surface area contributed by atoms with Gasteiger partial charge in [-0.1, -0.05) is 37.3 Å².